The first-order valence-electron chi connectivity index (χ1n) is 8.01. The lowest BCUT2D eigenvalue weighted by Gasteiger charge is -2.05. The molecule has 2 N–H and O–H groups in total. The molecule has 0 saturated heterocycles. The number of hydrogen-bond donors (Lipinski definition) is 2. The first kappa shape index (κ1) is 16.2. The summed E-state index contributed by atoms with van der Waals surface area (Å²) in [6.07, 6.45) is 0.804. The number of ether oxygens (including phenoxy) is 1. The summed E-state index contributed by atoms with van der Waals surface area (Å²) in [7, 11) is 1.65. The van der Waals surface area contributed by atoms with Crippen LogP contribution in [0.3, 0.4) is 0 Å². The van der Waals surface area contributed by atoms with Crippen LogP contribution in [0.1, 0.15) is 22.3 Å². The van der Waals surface area contributed by atoms with E-state index in [0.717, 1.165) is 28.8 Å². The molecule has 124 valence electrons. The van der Waals surface area contributed by atoms with Gasteiger partial charge in [-0.05, 0) is 43.2 Å². The standard InChI is InChI=1S/C19H21N3O2/c1-13-4-9-16-17(12-13)22-18(21-16)14-5-7-15(8-6-14)19(23)20-10-3-11-24-2/h4-9,12H,3,10-11H2,1-2H3,(H,20,23)(H,21,22). The van der Waals surface area contributed by atoms with Crippen molar-refractivity contribution < 1.29 is 9.53 Å². The summed E-state index contributed by atoms with van der Waals surface area (Å²) < 4.78 is 4.96. The van der Waals surface area contributed by atoms with Crippen molar-refractivity contribution in [3.05, 3.63) is 53.6 Å². The van der Waals surface area contributed by atoms with E-state index in [9.17, 15) is 4.79 Å². The monoisotopic (exact) mass is 323 g/mol. The van der Waals surface area contributed by atoms with Gasteiger partial charge in [0.1, 0.15) is 5.82 Å². The Bertz CT molecular complexity index is 837. The average Bonchev–Trinajstić information content (AvgIpc) is 3.02. The molecule has 2 aromatic carbocycles. The molecule has 5 nitrogen and oxygen atoms in total. The summed E-state index contributed by atoms with van der Waals surface area (Å²) in [6, 6.07) is 13.6. The van der Waals surface area contributed by atoms with Crippen molar-refractivity contribution >= 4 is 16.9 Å². The summed E-state index contributed by atoms with van der Waals surface area (Å²) in [5.74, 6) is 0.737. The number of aryl methyl sites for hydroxylation is 1. The number of nitrogens with one attached hydrogen (secondary N) is 2. The fourth-order valence-corrected chi connectivity index (χ4v) is 2.56. The Hall–Kier alpha value is -2.66. The van der Waals surface area contributed by atoms with Crippen LogP contribution in [0.25, 0.3) is 22.4 Å². The van der Waals surface area contributed by atoms with Crippen LogP contribution in [0.15, 0.2) is 42.5 Å². The molecule has 0 aliphatic rings. The number of aromatic amines is 1. The Balaban J connectivity index is 1.72. The molecular weight excluding hydrogens is 302 g/mol. The van der Waals surface area contributed by atoms with Gasteiger partial charge in [0.05, 0.1) is 11.0 Å². The number of carbonyl (C=O) groups excluding carboxylic acids is 1. The van der Waals surface area contributed by atoms with Crippen LogP contribution in [-0.4, -0.2) is 36.1 Å². The molecule has 1 amide bonds. The van der Waals surface area contributed by atoms with E-state index in [1.807, 2.05) is 36.4 Å². The van der Waals surface area contributed by atoms with Gasteiger partial charge in [0.2, 0.25) is 0 Å². The van der Waals surface area contributed by atoms with E-state index < -0.39 is 0 Å². The zero-order valence-electron chi connectivity index (χ0n) is 13.9. The number of nitrogens with zero attached hydrogens (tertiary/aromatic N) is 1. The number of benzene rings is 2. The van der Waals surface area contributed by atoms with Gasteiger partial charge < -0.3 is 15.0 Å². The Labute approximate surface area is 141 Å². The van der Waals surface area contributed by atoms with Gasteiger partial charge in [-0.3, -0.25) is 4.79 Å². The molecule has 0 aliphatic carbocycles. The van der Waals surface area contributed by atoms with E-state index in [2.05, 4.69) is 28.3 Å². The van der Waals surface area contributed by atoms with Crippen LogP contribution < -0.4 is 5.32 Å². The van der Waals surface area contributed by atoms with Crippen LogP contribution in [-0.2, 0) is 4.74 Å². The highest BCUT2D eigenvalue weighted by Crippen LogP contribution is 2.21. The molecule has 5 heteroatoms. The van der Waals surface area contributed by atoms with Gasteiger partial charge in [-0.1, -0.05) is 18.2 Å². The lowest BCUT2D eigenvalue weighted by atomic mass is 10.1. The van der Waals surface area contributed by atoms with Crippen molar-refractivity contribution in [3.8, 4) is 11.4 Å². The van der Waals surface area contributed by atoms with E-state index in [1.165, 1.54) is 5.56 Å². The highest BCUT2D eigenvalue weighted by molar-refractivity contribution is 5.94. The molecular formula is C19H21N3O2. The number of hydrogen-bond acceptors (Lipinski definition) is 3. The second-order valence-corrected chi connectivity index (χ2v) is 5.79. The van der Waals surface area contributed by atoms with E-state index in [1.54, 1.807) is 7.11 Å². The first-order chi connectivity index (χ1) is 11.7. The average molecular weight is 323 g/mol. The molecule has 1 aromatic heterocycles. The molecule has 0 aliphatic heterocycles. The van der Waals surface area contributed by atoms with Gasteiger partial charge in [0, 0.05) is 31.4 Å². The fraction of sp³-hybridized carbons (Fsp3) is 0.263. The third kappa shape index (κ3) is 3.63. The van der Waals surface area contributed by atoms with Gasteiger partial charge in [0.25, 0.3) is 5.91 Å². The predicted octanol–water partition coefficient (Wildman–Crippen LogP) is 3.30. The third-order valence-electron chi connectivity index (χ3n) is 3.87. The Morgan fingerprint density at radius 1 is 1.21 bits per heavy atom. The zero-order valence-corrected chi connectivity index (χ0v) is 13.9. The number of rotatable bonds is 6. The quantitative estimate of drug-likeness (QED) is 0.684. The lowest BCUT2D eigenvalue weighted by Crippen LogP contribution is -2.25. The summed E-state index contributed by atoms with van der Waals surface area (Å²) in [6.45, 7) is 3.31. The molecule has 3 aromatic rings. The van der Waals surface area contributed by atoms with Crippen LogP contribution in [0.4, 0.5) is 0 Å². The van der Waals surface area contributed by atoms with Crippen LogP contribution in [0, 0.1) is 6.92 Å². The van der Waals surface area contributed by atoms with Crippen LogP contribution in [0.5, 0.6) is 0 Å². The molecule has 24 heavy (non-hydrogen) atoms. The van der Waals surface area contributed by atoms with E-state index >= 15 is 0 Å². The number of methoxy groups -OCH3 is 1. The highest BCUT2D eigenvalue weighted by Gasteiger charge is 2.08. The van der Waals surface area contributed by atoms with Gasteiger partial charge >= 0.3 is 0 Å². The maximum Gasteiger partial charge on any atom is 0.251 e. The van der Waals surface area contributed by atoms with Crippen molar-refractivity contribution in [1.29, 1.82) is 0 Å². The Morgan fingerprint density at radius 3 is 2.75 bits per heavy atom. The molecule has 3 rings (SSSR count). The van der Waals surface area contributed by atoms with Crippen molar-refractivity contribution in [2.45, 2.75) is 13.3 Å². The largest absolute Gasteiger partial charge is 0.385 e. The summed E-state index contributed by atoms with van der Waals surface area (Å²) in [5.41, 5.74) is 4.75. The topological polar surface area (TPSA) is 67.0 Å². The second-order valence-electron chi connectivity index (χ2n) is 5.79. The molecule has 0 atom stereocenters. The van der Waals surface area contributed by atoms with Crippen molar-refractivity contribution in [2.75, 3.05) is 20.3 Å². The van der Waals surface area contributed by atoms with E-state index in [4.69, 9.17) is 4.74 Å². The molecule has 1 heterocycles. The minimum atomic E-state index is -0.0714. The zero-order chi connectivity index (χ0) is 16.9. The van der Waals surface area contributed by atoms with E-state index in [-0.39, 0.29) is 5.91 Å². The SMILES string of the molecule is COCCCNC(=O)c1ccc(-c2nc3ccc(C)cc3[nH]2)cc1. The third-order valence-corrected chi connectivity index (χ3v) is 3.87. The summed E-state index contributed by atoms with van der Waals surface area (Å²) in [5, 5.41) is 2.88. The minimum absolute atomic E-state index is 0.0714. The smallest absolute Gasteiger partial charge is 0.251 e. The molecule has 0 bridgehead atoms. The van der Waals surface area contributed by atoms with Crippen molar-refractivity contribution in [3.63, 3.8) is 0 Å². The number of carbonyl (C=O) groups is 1. The van der Waals surface area contributed by atoms with Gasteiger partial charge in [0.15, 0.2) is 0 Å². The number of aromatic nitrogens is 2. The highest BCUT2D eigenvalue weighted by atomic mass is 16.5. The van der Waals surface area contributed by atoms with Crippen LogP contribution >= 0.6 is 0 Å². The number of fused-ring (bicyclic) bond motifs is 1. The Morgan fingerprint density at radius 2 is 2.00 bits per heavy atom. The Kier molecular flexibility index (Phi) is 4.91. The lowest BCUT2D eigenvalue weighted by molar-refractivity contribution is 0.0948. The van der Waals surface area contributed by atoms with Crippen molar-refractivity contribution in [1.82, 2.24) is 15.3 Å². The second kappa shape index (κ2) is 7.27. The molecule has 0 unspecified atom stereocenters. The number of H-pyrrole nitrogens is 1. The minimum Gasteiger partial charge on any atom is -0.385 e. The van der Waals surface area contributed by atoms with E-state index in [0.29, 0.717) is 18.7 Å². The normalized spacial score (nSPS) is 10.9. The fourth-order valence-electron chi connectivity index (χ4n) is 2.56. The predicted molar refractivity (Wildman–Crippen MR) is 95.1 cm³/mol. The van der Waals surface area contributed by atoms with Crippen molar-refractivity contribution in [2.24, 2.45) is 0 Å². The maximum absolute atomic E-state index is 12.1. The molecule has 0 spiro atoms. The molecule has 0 saturated carbocycles. The maximum atomic E-state index is 12.1. The van der Waals surface area contributed by atoms with Gasteiger partial charge in [-0.2, -0.15) is 0 Å². The molecule has 0 fully saturated rings. The van der Waals surface area contributed by atoms with Gasteiger partial charge in [-0.25, -0.2) is 4.98 Å². The first-order valence-corrected chi connectivity index (χ1v) is 8.01. The molecule has 0 radical (unpaired) electrons. The van der Waals surface area contributed by atoms with Crippen LogP contribution in [0.2, 0.25) is 0 Å². The number of amides is 1. The number of imidazole rings is 1. The van der Waals surface area contributed by atoms with Gasteiger partial charge in [-0.15, -0.1) is 0 Å². The summed E-state index contributed by atoms with van der Waals surface area (Å²) >= 11 is 0. The summed E-state index contributed by atoms with van der Waals surface area (Å²) in [4.78, 5) is 20.0.